The number of ether oxygens (including phenoxy) is 1. The number of hydrogen-bond donors (Lipinski definition) is 2. The van der Waals surface area contributed by atoms with Crippen LogP contribution >= 0.6 is 0 Å². The predicted molar refractivity (Wildman–Crippen MR) is 116 cm³/mol. The topological polar surface area (TPSA) is 118 Å². The summed E-state index contributed by atoms with van der Waals surface area (Å²) < 4.78 is 44.4. The van der Waals surface area contributed by atoms with E-state index in [2.05, 4.69) is 19.4 Å². The minimum absolute atomic E-state index is 0.0999. The van der Waals surface area contributed by atoms with E-state index >= 15 is 0 Å². The fourth-order valence-electron chi connectivity index (χ4n) is 2.71. The lowest BCUT2D eigenvalue weighted by Gasteiger charge is -2.16. The normalized spacial score (nSPS) is 12.9. The maximum Gasteiger partial charge on any atom is 0.308 e. The van der Waals surface area contributed by atoms with Crippen molar-refractivity contribution >= 4 is 28.0 Å². The Bertz CT molecular complexity index is 1050. The summed E-state index contributed by atoms with van der Waals surface area (Å²) >= 11 is 0. The number of esters is 1. The first kappa shape index (κ1) is 24.4. The van der Waals surface area contributed by atoms with Crippen LogP contribution in [0.1, 0.15) is 44.4 Å². The molecule has 0 aliphatic heterocycles. The Labute approximate surface area is 181 Å². The molecule has 0 saturated carbocycles. The Hall–Kier alpha value is -2.85. The first-order valence-corrected chi connectivity index (χ1v) is 11.3. The van der Waals surface area contributed by atoms with Crippen LogP contribution in [0.4, 0.5) is 10.3 Å². The van der Waals surface area contributed by atoms with Gasteiger partial charge in [-0.3, -0.25) is 9.52 Å². The monoisotopic (exact) mass is 451 g/mol. The Balaban J connectivity index is 2.64. The van der Waals surface area contributed by atoms with Gasteiger partial charge in [-0.15, -0.1) is 0 Å². The van der Waals surface area contributed by atoms with Gasteiger partial charge in [-0.2, -0.15) is 0 Å². The number of nitrogens with one attached hydrogen (secondary N) is 1. The van der Waals surface area contributed by atoms with Crippen molar-refractivity contribution in [3.05, 3.63) is 47.4 Å². The number of sulfonamides is 1. The fourth-order valence-corrected chi connectivity index (χ4v) is 3.22. The maximum absolute atomic E-state index is 13.5. The zero-order valence-corrected chi connectivity index (χ0v) is 18.6. The molecule has 2 aromatic rings. The third-order valence-electron chi connectivity index (χ3n) is 4.36. The van der Waals surface area contributed by atoms with Gasteiger partial charge in [0, 0.05) is 11.1 Å². The van der Waals surface area contributed by atoms with Crippen molar-refractivity contribution in [3.8, 4) is 11.3 Å². The molecule has 0 spiro atoms. The van der Waals surface area contributed by atoms with Crippen molar-refractivity contribution in [2.75, 3.05) is 17.6 Å². The SMILES string of the molecule is CCS(=O)(=O)Nc1nc(-c2ccc(F)cc2)c(C=C[C@@H](O)CC(=O)OC)c(C(C)C)n1. The number of aromatic nitrogens is 2. The quantitative estimate of drug-likeness (QED) is 0.562. The molecule has 0 amide bonds. The smallest absolute Gasteiger partial charge is 0.308 e. The third-order valence-corrected chi connectivity index (χ3v) is 5.61. The van der Waals surface area contributed by atoms with E-state index in [1.165, 1.54) is 44.4 Å². The fraction of sp³-hybridized carbons (Fsp3) is 0.381. The lowest BCUT2D eigenvalue weighted by Crippen LogP contribution is -2.18. The number of carbonyl (C=O) groups is 1. The number of carbonyl (C=O) groups excluding carboxylic acids is 1. The molecule has 2 N–H and O–H groups in total. The molecule has 0 saturated heterocycles. The van der Waals surface area contributed by atoms with Gasteiger partial charge in [-0.25, -0.2) is 22.8 Å². The molecule has 0 bridgehead atoms. The first-order valence-electron chi connectivity index (χ1n) is 9.67. The minimum atomic E-state index is -3.62. The number of hydrogen-bond acceptors (Lipinski definition) is 7. The number of halogens is 1. The number of benzene rings is 1. The molecule has 0 aliphatic carbocycles. The van der Waals surface area contributed by atoms with E-state index in [0.717, 1.165) is 0 Å². The second-order valence-electron chi connectivity index (χ2n) is 7.07. The van der Waals surface area contributed by atoms with Crippen LogP contribution in [0.3, 0.4) is 0 Å². The van der Waals surface area contributed by atoms with E-state index in [9.17, 15) is 22.7 Å². The van der Waals surface area contributed by atoms with Crippen LogP contribution in [0.15, 0.2) is 30.3 Å². The van der Waals surface area contributed by atoms with Crippen molar-refractivity contribution in [2.45, 2.75) is 39.2 Å². The second kappa shape index (κ2) is 10.5. The van der Waals surface area contributed by atoms with Crippen molar-refractivity contribution in [2.24, 2.45) is 0 Å². The van der Waals surface area contributed by atoms with Crippen LogP contribution < -0.4 is 4.72 Å². The van der Waals surface area contributed by atoms with E-state index in [-0.39, 0.29) is 24.0 Å². The Kier molecular flexibility index (Phi) is 8.23. The van der Waals surface area contributed by atoms with Gasteiger partial charge in [0.05, 0.1) is 36.8 Å². The zero-order valence-electron chi connectivity index (χ0n) is 17.8. The second-order valence-corrected chi connectivity index (χ2v) is 9.08. The predicted octanol–water partition coefficient (Wildman–Crippen LogP) is 3.10. The van der Waals surface area contributed by atoms with Gasteiger partial charge < -0.3 is 9.84 Å². The molecule has 0 aliphatic rings. The molecule has 2 rings (SSSR count). The van der Waals surface area contributed by atoms with Gasteiger partial charge in [0.2, 0.25) is 16.0 Å². The largest absolute Gasteiger partial charge is 0.469 e. The molecule has 31 heavy (non-hydrogen) atoms. The molecule has 0 radical (unpaired) electrons. The number of aliphatic hydroxyl groups excluding tert-OH is 1. The number of anilines is 1. The Morgan fingerprint density at radius 2 is 1.90 bits per heavy atom. The van der Waals surface area contributed by atoms with E-state index in [0.29, 0.717) is 22.5 Å². The van der Waals surface area contributed by atoms with Gasteiger partial charge in [0.25, 0.3) is 0 Å². The van der Waals surface area contributed by atoms with Crippen LogP contribution in [0.2, 0.25) is 0 Å². The third kappa shape index (κ3) is 6.83. The Morgan fingerprint density at radius 1 is 1.26 bits per heavy atom. The standard InChI is InChI=1S/C21H26FN3O5S/c1-5-31(28,29)25-21-23-19(13(2)3)17(11-10-16(26)12-18(27)30-4)20(24-21)14-6-8-15(22)9-7-14/h6-11,13,16,26H,5,12H2,1-4H3,(H,23,24,25)/t16-/m1/s1. The molecule has 10 heteroatoms. The maximum atomic E-state index is 13.5. The van der Waals surface area contributed by atoms with Crippen molar-refractivity contribution < 1.29 is 27.4 Å². The number of rotatable bonds is 9. The molecule has 0 unspecified atom stereocenters. The van der Waals surface area contributed by atoms with Crippen LogP contribution in [0.25, 0.3) is 17.3 Å². The number of methoxy groups -OCH3 is 1. The van der Waals surface area contributed by atoms with Gasteiger partial charge >= 0.3 is 5.97 Å². The first-order chi connectivity index (χ1) is 14.6. The number of nitrogens with zero attached hydrogens (tertiary/aromatic N) is 2. The molecule has 8 nitrogen and oxygen atoms in total. The Morgan fingerprint density at radius 3 is 2.45 bits per heavy atom. The highest BCUT2D eigenvalue weighted by Crippen LogP contribution is 2.30. The van der Waals surface area contributed by atoms with Gasteiger partial charge in [0.15, 0.2) is 0 Å². The zero-order chi connectivity index (χ0) is 23.2. The number of aliphatic hydroxyl groups is 1. The van der Waals surface area contributed by atoms with Gasteiger partial charge in [-0.1, -0.05) is 26.0 Å². The summed E-state index contributed by atoms with van der Waals surface area (Å²) in [5.74, 6) is -1.39. The van der Waals surface area contributed by atoms with Crippen LogP contribution in [-0.2, 0) is 19.6 Å². The minimum Gasteiger partial charge on any atom is -0.469 e. The lowest BCUT2D eigenvalue weighted by atomic mass is 9.97. The highest BCUT2D eigenvalue weighted by atomic mass is 32.2. The highest BCUT2D eigenvalue weighted by molar-refractivity contribution is 7.92. The molecule has 1 aromatic carbocycles. The molecule has 1 atom stereocenters. The van der Waals surface area contributed by atoms with Crippen LogP contribution in [0.5, 0.6) is 0 Å². The van der Waals surface area contributed by atoms with Gasteiger partial charge in [0.1, 0.15) is 5.82 Å². The summed E-state index contributed by atoms with van der Waals surface area (Å²) in [5.41, 5.74) is 1.92. The summed E-state index contributed by atoms with van der Waals surface area (Å²) in [4.78, 5) is 20.1. The molecule has 0 fully saturated rings. The van der Waals surface area contributed by atoms with Gasteiger partial charge in [-0.05, 0) is 37.1 Å². The lowest BCUT2D eigenvalue weighted by molar-refractivity contribution is -0.142. The molecule has 1 aromatic heterocycles. The average molecular weight is 452 g/mol. The van der Waals surface area contributed by atoms with E-state index in [1.807, 2.05) is 13.8 Å². The molecular weight excluding hydrogens is 425 g/mol. The summed E-state index contributed by atoms with van der Waals surface area (Å²) in [6.07, 6.45) is 1.64. The summed E-state index contributed by atoms with van der Waals surface area (Å²) in [6, 6.07) is 5.56. The summed E-state index contributed by atoms with van der Waals surface area (Å²) in [5, 5.41) is 10.1. The summed E-state index contributed by atoms with van der Waals surface area (Å²) in [7, 11) is -2.39. The highest BCUT2D eigenvalue weighted by Gasteiger charge is 2.19. The van der Waals surface area contributed by atoms with Crippen molar-refractivity contribution in [1.29, 1.82) is 0 Å². The molecule has 168 valence electrons. The van der Waals surface area contributed by atoms with E-state index < -0.39 is 27.9 Å². The van der Waals surface area contributed by atoms with E-state index in [4.69, 9.17) is 0 Å². The molecule has 1 heterocycles. The molecular formula is C21H26FN3O5S. The van der Waals surface area contributed by atoms with Crippen molar-refractivity contribution in [3.63, 3.8) is 0 Å². The van der Waals surface area contributed by atoms with Crippen molar-refractivity contribution in [1.82, 2.24) is 9.97 Å². The van der Waals surface area contributed by atoms with Crippen LogP contribution in [0, 0.1) is 5.82 Å². The van der Waals surface area contributed by atoms with Crippen LogP contribution in [-0.4, -0.2) is 48.4 Å². The summed E-state index contributed by atoms with van der Waals surface area (Å²) in [6.45, 7) is 5.24. The van der Waals surface area contributed by atoms with E-state index in [1.54, 1.807) is 6.08 Å². The average Bonchev–Trinajstić information content (AvgIpc) is 2.72.